The summed E-state index contributed by atoms with van der Waals surface area (Å²) in [5.74, 6) is 1.38. The minimum absolute atomic E-state index is 0.0761. The number of nitrogens with one attached hydrogen (secondary N) is 2. The van der Waals surface area contributed by atoms with Crippen molar-refractivity contribution in [1.82, 2.24) is 5.32 Å². The molecule has 2 aromatic rings. The zero-order valence-corrected chi connectivity index (χ0v) is 14.1. The highest BCUT2D eigenvalue weighted by Gasteiger charge is 2.28. The number of ether oxygens (including phenoxy) is 1. The number of urea groups is 1. The quantitative estimate of drug-likeness (QED) is 0.805. The van der Waals surface area contributed by atoms with E-state index in [0.717, 1.165) is 16.9 Å². The van der Waals surface area contributed by atoms with Crippen LogP contribution in [0.3, 0.4) is 0 Å². The summed E-state index contributed by atoms with van der Waals surface area (Å²) < 4.78 is 10.8. The second-order valence-electron chi connectivity index (χ2n) is 6.38. The molecule has 128 valence electrons. The van der Waals surface area contributed by atoms with Crippen molar-refractivity contribution < 1.29 is 19.1 Å². The van der Waals surface area contributed by atoms with Gasteiger partial charge >= 0.3 is 6.03 Å². The first-order valence-corrected chi connectivity index (χ1v) is 7.89. The molecule has 0 saturated heterocycles. The van der Waals surface area contributed by atoms with Gasteiger partial charge in [-0.1, -0.05) is 6.07 Å². The Balaban J connectivity index is 1.60. The van der Waals surface area contributed by atoms with Crippen LogP contribution in [0, 0.1) is 13.8 Å². The van der Waals surface area contributed by atoms with Crippen molar-refractivity contribution >= 4 is 11.7 Å². The molecular weight excluding hydrogens is 308 g/mol. The lowest BCUT2D eigenvalue weighted by molar-refractivity contribution is 0.0584. The highest BCUT2D eigenvalue weighted by Crippen LogP contribution is 2.26. The van der Waals surface area contributed by atoms with Gasteiger partial charge in [0, 0.05) is 11.3 Å². The van der Waals surface area contributed by atoms with Gasteiger partial charge in [-0.15, -0.1) is 0 Å². The normalized spacial score (nSPS) is 15.7. The van der Waals surface area contributed by atoms with Gasteiger partial charge in [0.2, 0.25) is 0 Å². The Hall–Kier alpha value is -2.31. The number of carbonyl (C=O) groups excluding carboxylic acids is 1. The standard InChI is InChI=1S/C18H22N2O4/c1-11-6-16(12(2)24-11)18(3,22)10-19-17(21)20-15-5-4-13-8-23-9-14(13)7-15/h4-7,22H,8-10H2,1-3H3,(H2,19,20,21). The number of fused-ring (bicyclic) bond motifs is 1. The number of aryl methyl sites for hydroxylation is 2. The van der Waals surface area contributed by atoms with E-state index in [2.05, 4.69) is 10.6 Å². The van der Waals surface area contributed by atoms with Crippen molar-refractivity contribution in [2.75, 3.05) is 11.9 Å². The number of amides is 2. The maximum Gasteiger partial charge on any atom is 0.319 e. The predicted molar refractivity (Wildman–Crippen MR) is 89.7 cm³/mol. The zero-order valence-electron chi connectivity index (χ0n) is 14.1. The fraction of sp³-hybridized carbons (Fsp3) is 0.389. The molecule has 0 bridgehead atoms. The minimum Gasteiger partial charge on any atom is -0.466 e. The fourth-order valence-corrected chi connectivity index (χ4v) is 2.94. The third-order valence-electron chi connectivity index (χ3n) is 4.19. The topological polar surface area (TPSA) is 83.7 Å². The lowest BCUT2D eigenvalue weighted by Crippen LogP contribution is -2.40. The van der Waals surface area contributed by atoms with Gasteiger partial charge < -0.3 is 24.9 Å². The summed E-state index contributed by atoms with van der Waals surface area (Å²) in [5.41, 5.74) is 2.41. The van der Waals surface area contributed by atoms with E-state index in [-0.39, 0.29) is 12.6 Å². The van der Waals surface area contributed by atoms with E-state index in [1.54, 1.807) is 19.9 Å². The molecule has 1 aromatic heterocycles. The molecule has 6 heteroatoms. The van der Waals surface area contributed by atoms with Gasteiger partial charge in [0.15, 0.2) is 0 Å². The Labute approximate surface area is 140 Å². The summed E-state index contributed by atoms with van der Waals surface area (Å²) >= 11 is 0. The van der Waals surface area contributed by atoms with Crippen LogP contribution < -0.4 is 10.6 Å². The van der Waals surface area contributed by atoms with Crippen LogP contribution in [0.5, 0.6) is 0 Å². The predicted octanol–water partition coefficient (Wildman–Crippen LogP) is 2.96. The van der Waals surface area contributed by atoms with E-state index < -0.39 is 5.60 Å². The number of rotatable bonds is 4. The van der Waals surface area contributed by atoms with Crippen LogP contribution in [-0.2, 0) is 23.6 Å². The molecule has 1 atom stereocenters. The van der Waals surface area contributed by atoms with E-state index in [9.17, 15) is 9.90 Å². The summed E-state index contributed by atoms with van der Waals surface area (Å²) in [7, 11) is 0. The van der Waals surface area contributed by atoms with Crippen molar-refractivity contribution in [1.29, 1.82) is 0 Å². The lowest BCUT2D eigenvalue weighted by Gasteiger charge is -2.23. The number of benzene rings is 1. The third kappa shape index (κ3) is 3.44. The van der Waals surface area contributed by atoms with Crippen molar-refractivity contribution in [2.45, 2.75) is 39.6 Å². The second kappa shape index (κ2) is 6.30. The fourth-order valence-electron chi connectivity index (χ4n) is 2.94. The third-order valence-corrected chi connectivity index (χ3v) is 4.19. The van der Waals surface area contributed by atoms with Gasteiger partial charge in [-0.05, 0) is 50.1 Å². The monoisotopic (exact) mass is 330 g/mol. The minimum atomic E-state index is -1.20. The van der Waals surface area contributed by atoms with E-state index >= 15 is 0 Å². The Morgan fingerprint density at radius 1 is 1.25 bits per heavy atom. The molecule has 0 radical (unpaired) electrons. The molecule has 2 amide bonds. The first-order valence-electron chi connectivity index (χ1n) is 7.89. The molecule has 2 heterocycles. The van der Waals surface area contributed by atoms with E-state index in [4.69, 9.17) is 9.15 Å². The molecule has 3 rings (SSSR count). The highest BCUT2D eigenvalue weighted by atomic mass is 16.5. The van der Waals surface area contributed by atoms with Crippen LogP contribution >= 0.6 is 0 Å². The maximum atomic E-state index is 12.1. The van der Waals surface area contributed by atoms with Gasteiger partial charge in [-0.2, -0.15) is 0 Å². The van der Waals surface area contributed by atoms with Crippen LogP contribution in [0.15, 0.2) is 28.7 Å². The maximum absolute atomic E-state index is 12.1. The smallest absolute Gasteiger partial charge is 0.319 e. The van der Waals surface area contributed by atoms with Gasteiger partial charge in [-0.3, -0.25) is 0 Å². The summed E-state index contributed by atoms with van der Waals surface area (Å²) in [5, 5.41) is 16.1. The van der Waals surface area contributed by atoms with Gasteiger partial charge in [0.1, 0.15) is 17.1 Å². The van der Waals surface area contributed by atoms with E-state index in [1.165, 1.54) is 0 Å². The molecule has 1 aliphatic heterocycles. The lowest BCUT2D eigenvalue weighted by atomic mass is 9.96. The van der Waals surface area contributed by atoms with E-state index in [1.807, 2.05) is 25.1 Å². The Bertz CT molecular complexity index is 764. The number of hydrogen-bond acceptors (Lipinski definition) is 4. The molecular formula is C18H22N2O4. The van der Waals surface area contributed by atoms with Gasteiger partial charge in [-0.25, -0.2) is 4.79 Å². The number of aliphatic hydroxyl groups is 1. The Morgan fingerprint density at radius 3 is 2.71 bits per heavy atom. The van der Waals surface area contributed by atoms with Crippen LogP contribution in [0.25, 0.3) is 0 Å². The number of anilines is 1. The second-order valence-corrected chi connectivity index (χ2v) is 6.38. The molecule has 6 nitrogen and oxygen atoms in total. The van der Waals surface area contributed by atoms with Crippen molar-refractivity contribution in [2.24, 2.45) is 0 Å². The van der Waals surface area contributed by atoms with Crippen molar-refractivity contribution in [3.05, 3.63) is 52.5 Å². The SMILES string of the molecule is Cc1cc(C(C)(O)CNC(=O)Nc2ccc3c(c2)COC3)c(C)o1. The number of carbonyl (C=O) groups is 1. The van der Waals surface area contributed by atoms with Crippen molar-refractivity contribution in [3.63, 3.8) is 0 Å². The average molecular weight is 330 g/mol. The van der Waals surface area contributed by atoms with E-state index in [0.29, 0.717) is 30.2 Å². The molecule has 0 fully saturated rings. The van der Waals surface area contributed by atoms with Crippen molar-refractivity contribution in [3.8, 4) is 0 Å². The zero-order chi connectivity index (χ0) is 17.3. The molecule has 3 N–H and O–H groups in total. The Morgan fingerprint density at radius 2 is 2.00 bits per heavy atom. The molecule has 1 aromatic carbocycles. The first-order chi connectivity index (χ1) is 11.3. The molecule has 0 aliphatic carbocycles. The van der Waals surface area contributed by atoms with Crippen LogP contribution in [0.2, 0.25) is 0 Å². The number of furan rings is 1. The molecule has 1 unspecified atom stereocenters. The summed E-state index contributed by atoms with van der Waals surface area (Å²) in [4.78, 5) is 12.1. The van der Waals surface area contributed by atoms with Gasteiger partial charge in [0.25, 0.3) is 0 Å². The van der Waals surface area contributed by atoms with Gasteiger partial charge in [0.05, 0.1) is 19.8 Å². The molecule has 0 spiro atoms. The highest BCUT2D eigenvalue weighted by molar-refractivity contribution is 5.89. The largest absolute Gasteiger partial charge is 0.466 e. The van der Waals surface area contributed by atoms with Crippen LogP contribution in [-0.4, -0.2) is 17.7 Å². The molecule has 0 saturated carbocycles. The molecule has 1 aliphatic rings. The summed E-state index contributed by atoms with van der Waals surface area (Å²) in [6.07, 6.45) is 0. The van der Waals surface area contributed by atoms with Crippen LogP contribution in [0.4, 0.5) is 10.5 Å². The summed E-state index contributed by atoms with van der Waals surface area (Å²) in [6.45, 7) is 6.53. The first kappa shape index (κ1) is 16.5. The Kier molecular flexibility index (Phi) is 4.34. The molecule has 24 heavy (non-hydrogen) atoms. The number of hydrogen-bond donors (Lipinski definition) is 3. The summed E-state index contributed by atoms with van der Waals surface area (Å²) in [6, 6.07) is 7.12. The average Bonchev–Trinajstić information content (AvgIpc) is 3.11. The van der Waals surface area contributed by atoms with Crippen LogP contribution in [0.1, 0.15) is 35.1 Å².